The molecule has 1 unspecified atom stereocenters. The van der Waals surface area contributed by atoms with Gasteiger partial charge in [0.25, 0.3) is 0 Å². The molecule has 0 aromatic carbocycles. The fraction of sp³-hybridized carbons (Fsp3) is 1.00. The number of piperidine rings is 1. The van der Waals surface area contributed by atoms with Crippen LogP contribution in [-0.4, -0.2) is 64.1 Å². The van der Waals surface area contributed by atoms with Crippen LogP contribution in [0.15, 0.2) is 0 Å². The van der Waals surface area contributed by atoms with Gasteiger partial charge in [0.15, 0.2) is 0 Å². The van der Waals surface area contributed by atoms with Gasteiger partial charge in [0.05, 0.1) is 12.7 Å². The summed E-state index contributed by atoms with van der Waals surface area (Å²) in [5.74, 6) is 0.745. The first-order valence-corrected chi connectivity index (χ1v) is 6.92. The van der Waals surface area contributed by atoms with E-state index in [-0.39, 0.29) is 0 Å². The summed E-state index contributed by atoms with van der Waals surface area (Å²) in [6, 6.07) is 0. The molecular formula is C13H26N2O2. The lowest BCUT2D eigenvalue weighted by atomic mass is 10.1. The number of nitrogens with zero attached hydrogens (tertiary/aromatic N) is 1. The third kappa shape index (κ3) is 4.54. The molecule has 0 bridgehead atoms. The number of hydrogen-bond donors (Lipinski definition) is 1. The molecular weight excluding hydrogens is 216 g/mol. The average Bonchev–Trinajstić information content (AvgIpc) is 2.88. The fourth-order valence-corrected chi connectivity index (χ4v) is 2.66. The van der Waals surface area contributed by atoms with Gasteiger partial charge in [-0.05, 0) is 25.2 Å². The van der Waals surface area contributed by atoms with Gasteiger partial charge in [-0.3, -0.25) is 0 Å². The van der Waals surface area contributed by atoms with Crippen molar-refractivity contribution in [1.82, 2.24) is 10.2 Å². The van der Waals surface area contributed by atoms with Gasteiger partial charge in [0.1, 0.15) is 0 Å². The molecule has 2 aliphatic rings. The lowest BCUT2D eigenvalue weighted by Gasteiger charge is -2.31. The van der Waals surface area contributed by atoms with Crippen LogP contribution in [0.2, 0.25) is 0 Å². The fourth-order valence-electron chi connectivity index (χ4n) is 2.66. The molecule has 0 spiro atoms. The normalized spacial score (nSPS) is 27.7. The Hall–Kier alpha value is -0.160. The Morgan fingerprint density at radius 2 is 2.12 bits per heavy atom. The molecule has 0 saturated carbocycles. The molecule has 0 amide bonds. The van der Waals surface area contributed by atoms with Crippen LogP contribution in [0.25, 0.3) is 0 Å². The summed E-state index contributed by atoms with van der Waals surface area (Å²) in [7, 11) is 1.82. The van der Waals surface area contributed by atoms with Crippen molar-refractivity contribution in [3.8, 4) is 0 Å². The highest BCUT2D eigenvalue weighted by Gasteiger charge is 2.18. The summed E-state index contributed by atoms with van der Waals surface area (Å²) in [6.07, 6.45) is 4.10. The van der Waals surface area contributed by atoms with Gasteiger partial charge in [-0.2, -0.15) is 0 Å². The van der Waals surface area contributed by atoms with E-state index < -0.39 is 0 Å². The molecule has 2 fully saturated rings. The third-order valence-electron chi connectivity index (χ3n) is 3.93. The van der Waals surface area contributed by atoms with Crippen molar-refractivity contribution < 1.29 is 9.47 Å². The zero-order valence-electron chi connectivity index (χ0n) is 11.0. The molecule has 0 aromatic heterocycles. The molecule has 100 valence electrons. The predicted octanol–water partition coefficient (Wildman–Crippen LogP) is 0.723. The van der Waals surface area contributed by atoms with Crippen LogP contribution in [0, 0.1) is 5.92 Å². The van der Waals surface area contributed by atoms with Crippen molar-refractivity contribution in [2.75, 3.05) is 53.0 Å². The minimum Gasteiger partial charge on any atom is -0.381 e. The van der Waals surface area contributed by atoms with E-state index in [0.717, 1.165) is 32.2 Å². The third-order valence-corrected chi connectivity index (χ3v) is 3.93. The van der Waals surface area contributed by atoms with E-state index in [1.54, 1.807) is 0 Å². The highest BCUT2D eigenvalue weighted by atomic mass is 16.5. The first kappa shape index (κ1) is 13.3. The molecule has 0 aromatic rings. The lowest BCUT2D eigenvalue weighted by Crippen LogP contribution is -2.40. The summed E-state index contributed by atoms with van der Waals surface area (Å²) >= 11 is 0. The second kappa shape index (κ2) is 7.31. The van der Waals surface area contributed by atoms with Gasteiger partial charge in [-0.1, -0.05) is 0 Å². The monoisotopic (exact) mass is 242 g/mol. The number of methoxy groups -OCH3 is 1. The van der Waals surface area contributed by atoms with Gasteiger partial charge >= 0.3 is 0 Å². The summed E-state index contributed by atoms with van der Waals surface area (Å²) in [5.41, 5.74) is 0. The molecule has 1 N–H and O–H groups in total. The summed E-state index contributed by atoms with van der Waals surface area (Å²) in [5, 5.41) is 3.55. The van der Waals surface area contributed by atoms with E-state index >= 15 is 0 Å². The maximum absolute atomic E-state index is 5.38. The van der Waals surface area contributed by atoms with Crippen LogP contribution in [0.5, 0.6) is 0 Å². The maximum Gasteiger partial charge on any atom is 0.0595 e. The first-order chi connectivity index (χ1) is 8.38. The van der Waals surface area contributed by atoms with E-state index in [1.165, 1.54) is 38.9 Å². The Bertz CT molecular complexity index is 200. The molecule has 2 rings (SSSR count). The molecule has 2 saturated heterocycles. The zero-order valence-corrected chi connectivity index (χ0v) is 11.0. The van der Waals surface area contributed by atoms with Crippen LogP contribution < -0.4 is 5.32 Å². The molecule has 17 heavy (non-hydrogen) atoms. The number of nitrogens with one attached hydrogen (secondary N) is 1. The van der Waals surface area contributed by atoms with Crippen LogP contribution in [0.4, 0.5) is 0 Å². The van der Waals surface area contributed by atoms with Gasteiger partial charge in [0, 0.05) is 46.4 Å². The largest absolute Gasteiger partial charge is 0.381 e. The highest BCUT2D eigenvalue weighted by Crippen LogP contribution is 2.12. The van der Waals surface area contributed by atoms with Crippen LogP contribution in [-0.2, 0) is 9.47 Å². The molecule has 0 aliphatic carbocycles. The highest BCUT2D eigenvalue weighted by molar-refractivity contribution is 4.73. The van der Waals surface area contributed by atoms with Crippen LogP contribution in [0.1, 0.15) is 19.3 Å². The van der Waals surface area contributed by atoms with Crippen molar-refractivity contribution in [2.24, 2.45) is 5.92 Å². The summed E-state index contributed by atoms with van der Waals surface area (Å²) in [6.45, 7) is 7.68. The minimum atomic E-state index is 0.495. The zero-order chi connectivity index (χ0) is 11.9. The molecule has 2 heterocycles. The van der Waals surface area contributed by atoms with Crippen molar-refractivity contribution in [3.63, 3.8) is 0 Å². The summed E-state index contributed by atoms with van der Waals surface area (Å²) < 4.78 is 10.7. The first-order valence-electron chi connectivity index (χ1n) is 6.92. The quantitative estimate of drug-likeness (QED) is 0.696. The van der Waals surface area contributed by atoms with E-state index in [1.807, 2.05) is 7.11 Å². The molecule has 1 atom stereocenters. The van der Waals surface area contributed by atoms with Crippen molar-refractivity contribution >= 4 is 0 Å². The van der Waals surface area contributed by atoms with E-state index in [0.29, 0.717) is 6.10 Å². The number of ether oxygens (including phenoxy) is 2. The Balaban J connectivity index is 1.48. The van der Waals surface area contributed by atoms with Crippen LogP contribution >= 0.6 is 0 Å². The summed E-state index contributed by atoms with van der Waals surface area (Å²) in [4.78, 5) is 2.54. The Morgan fingerprint density at radius 3 is 2.76 bits per heavy atom. The molecule has 4 heteroatoms. The van der Waals surface area contributed by atoms with E-state index in [9.17, 15) is 0 Å². The Morgan fingerprint density at radius 1 is 1.29 bits per heavy atom. The SMILES string of the molecule is COC1CCN(CCNCC2CCOC2)CC1. The van der Waals surface area contributed by atoms with Crippen LogP contribution in [0.3, 0.4) is 0 Å². The lowest BCUT2D eigenvalue weighted by molar-refractivity contribution is 0.0414. The molecule has 4 nitrogen and oxygen atoms in total. The number of rotatable bonds is 6. The van der Waals surface area contributed by atoms with Gasteiger partial charge < -0.3 is 19.7 Å². The number of likely N-dealkylation sites (tertiary alicyclic amines) is 1. The number of hydrogen-bond acceptors (Lipinski definition) is 4. The Labute approximate surface area is 105 Å². The predicted molar refractivity (Wildman–Crippen MR) is 68.3 cm³/mol. The minimum absolute atomic E-state index is 0.495. The Kier molecular flexibility index (Phi) is 5.71. The van der Waals surface area contributed by atoms with E-state index in [4.69, 9.17) is 9.47 Å². The van der Waals surface area contributed by atoms with Crippen molar-refractivity contribution in [2.45, 2.75) is 25.4 Å². The topological polar surface area (TPSA) is 33.7 Å². The van der Waals surface area contributed by atoms with Crippen molar-refractivity contribution in [1.29, 1.82) is 0 Å². The smallest absolute Gasteiger partial charge is 0.0595 e. The molecule has 2 aliphatic heterocycles. The van der Waals surface area contributed by atoms with Crippen molar-refractivity contribution in [3.05, 3.63) is 0 Å². The van der Waals surface area contributed by atoms with Gasteiger partial charge in [0.2, 0.25) is 0 Å². The second-order valence-electron chi connectivity index (χ2n) is 5.21. The second-order valence-corrected chi connectivity index (χ2v) is 5.21. The maximum atomic E-state index is 5.38. The molecule has 0 radical (unpaired) electrons. The standard InChI is InChI=1S/C13H26N2O2/c1-16-13-2-6-15(7-3-13)8-5-14-10-12-4-9-17-11-12/h12-14H,2-11H2,1H3. The van der Waals surface area contributed by atoms with Gasteiger partial charge in [-0.25, -0.2) is 0 Å². The van der Waals surface area contributed by atoms with E-state index in [2.05, 4.69) is 10.2 Å². The van der Waals surface area contributed by atoms with Gasteiger partial charge in [-0.15, -0.1) is 0 Å². The average molecular weight is 242 g/mol.